The summed E-state index contributed by atoms with van der Waals surface area (Å²) in [4.78, 5) is 7.79. The fourth-order valence-electron chi connectivity index (χ4n) is 1.30. The summed E-state index contributed by atoms with van der Waals surface area (Å²) in [6, 6.07) is 4.33. The van der Waals surface area contributed by atoms with Crippen molar-refractivity contribution in [2.24, 2.45) is 0 Å². The van der Waals surface area contributed by atoms with Gasteiger partial charge in [0.25, 0.3) is 0 Å². The number of hydrogen-bond acceptors (Lipinski definition) is 3. The summed E-state index contributed by atoms with van der Waals surface area (Å²) in [5, 5.41) is 0.323. The maximum atomic E-state index is 13.1. The van der Waals surface area contributed by atoms with Crippen molar-refractivity contribution in [3.8, 4) is 11.6 Å². The molecule has 1 aromatic heterocycles. The number of aromatic nitrogens is 2. The molecule has 2 aromatic rings. The number of halogens is 2. The van der Waals surface area contributed by atoms with Crippen molar-refractivity contribution in [1.82, 2.24) is 9.97 Å². The number of nitrogens with zero attached hydrogens (tertiary/aromatic N) is 2. The van der Waals surface area contributed by atoms with E-state index in [1.165, 1.54) is 18.5 Å². The number of benzene rings is 1. The summed E-state index contributed by atoms with van der Waals surface area (Å²) in [5.41, 5.74) is 1.44. The molecule has 0 saturated carbocycles. The third-order valence-corrected chi connectivity index (χ3v) is 2.71. The zero-order valence-corrected chi connectivity index (χ0v) is 10.1. The number of ether oxygens (including phenoxy) is 1. The monoisotopic (exact) mass is 252 g/mol. The quantitative estimate of drug-likeness (QED) is 0.765. The second-order valence-electron chi connectivity index (χ2n) is 3.61. The molecule has 2 rings (SSSR count). The predicted octanol–water partition coefficient (Wildman–Crippen LogP) is 3.68. The summed E-state index contributed by atoms with van der Waals surface area (Å²) in [6.45, 7) is 3.57. The third-order valence-electron chi connectivity index (χ3n) is 2.33. The molecule has 0 atom stereocenters. The van der Waals surface area contributed by atoms with E-state index in [0.29, 0.717) is 22.3 Å². The molecule has 0 saturated heterocycles. The van der Waals surface area contributed by atoms with Gasteiger partial charge in [0.2, 0.25) is 5.88 Å². The lowest BCUT2D eigenvalue weighted by atomic mass is 10.2. The van der Waals surface area contributed by atoms with Gasteiger partial charge in [0.15, 0.2) is 0 Å². The largest absolute Gasteiger partial charge is 0.438 e. The number of hydrogen-bond donors (Lipinski definition) is 0. The Hall–Kier alpha value is -1.68. The molecule has 0 N–H and O–H groups in total. The van der Waals surface area contributed by atoms with Crippen molar-refractivity contribution >= 4 is 11.6 Å². The van der Waals surface area contributed by atoms with Crippen LogP contribution < -0.4 is 4.74 Å². The van der Waals surface area contributed by atoms with E-state index in [2.05, 4.69) is 9.97 Å². The second kappa shape index (κ2) is 4.67. The fraction of sp³-hybridized carbons (Fsp3) is 0.167. The van der Waals surface area contributed by atoms with Gasteiger partial charge in [-0.3, -0.25) is 0 Å². The van der Waals surface area contributed by atoms with Crippen molar-refractivity contribution < 1.29 is 9.13 Å². The third kappa shape index (κ3) is 2.53. The van der Waals surface area contributed by atoms with E-state index in [9.17, 15) is 4.39 Å². The van der Waals surface area contributed by atoms with E-state index in [0.717, 1.165) is 5.56 Å². The Morgan fingerprint density at radius 3 is 2.76 bits per heavy atom. The molecular weight excluding hydrogens is 243 g/mol. The lowest BCUT2D eigenvalue weighted by Crippen LogP contribution is -1.95. The average Bonchev–Trinajstić information content (AvgIpc) is 2.30. The van der Waals surface area contributed by atoms with Gasteiger partial charge in [0.05, 0.1) is 0 Å². The second-order valence-corrected chi connectivity index (χ2v) is 3.96. The summed E-state index contributed by atoms with van der Waals surface area (Å²) in [7, 11) is 0. The zero-order valence-electron chi connectivity index (χ0n) is 9.37. The van der Waals surface area contributed by atoms with Crippen molar-refractivity contribution in [2.45, 2.75) is 13.8 Å². The maximum absolute atomic E-state index is 13.1. The molecule has 5 heteroatoms. The minimum absolute atomic E-state index is 0.323. The van der Waals surface area contributed by atoms with Gasteiger partial charge in [0.1, 0.15) is 23.0 Å². The van der Waals surface area contributed by atoms with Crippen LogP contribution in [0.5, 0.6) is 11.6 Å². The van der Waals surface area contributed by atoms with Crippen LogP contribution in [0.15, 0.2) is 24.5 Å². The molecule has 0 spiro atoms. The zero-order chi connectivity index (χ0) is 12.4. The molecule has 88 valence electrons. The standard InChI is InChI=1S/C12H10ClFN2O/c1-7-3-4-9(14)5-10(7)17-12-8(2)11(13)15-6-16-12/h3-6H,1-2H3. The predicted molar refractivity (Wildman–Crippen MR) is 63.0 cm³/mol. The van der Waals surface area contributed by atoms with Gasteiger partial charge in [-0.05, 0) is 25.5 Å². The fourth-order valence-corrected chi connectivity index (χ4v) is 1.43. The van der Waals surface area contributed by atoms with Crippen LogP contribution in [0.2, 0.25) is 5.15 Å². The van der Waals surface area contributed by atoms with Crippen LogP contribution in [0.25, 0.3) is 0 Å². The first-order valence-corrected chi connectivity index (χ1v) is 5.37. The number of aryl methyl sites for hydroxylation is 1. The SMILES string of the molecule is Cc1ccc(F)cc1Oc1ncnc(Cl)c1C. The van der Waals surface area contributed by atoms with Crippen molar-refractivity contribution in [3.63, 3.8) is 0 Å². The molecule has 0 radical (unpaired) electrons. The molecule has 0 bridgehead atoms. The lowest BCUT2D eigenvalue weighted by Gasteiger charge is -2.09. The summed E-state index contributed by atoms with van der Waals surface area (Å²) >= 11 is 5.85. The average molecular weight is 253 g/mol. The Labute approximate surface area is 103 Å². The van der Waals surface area contributed by atoms with Crippen molar-refractivity contribution in [2.75, 3.05) is 0 Å². The van der Waals surface area contributed by atoms with Crippen LogP contribution in [0.3, 0.4) is 0 Å². The Kier molecular flexibility index (Phi) is 3.24. The van der Waals surface area contributed by atoms with E-state index in [-0.39, 0.29) is 5.82 Å². The molecular formula is C12H10ClFN2O. The minimum atomic E-state index is -0.358. The smallest absolute Gasteiger partial charge is 0.226 e. The Morgan fingerprint density at radius 2 is 2.00 bits per heavy atom. The van der Waals surface area contributed by atoms with E-state index >= 15 is 0 Å². The molecule has 0 fully saturated rings. The van der Waals surface area contributed by atoms with Crippen molar-refractivity contribution in [3.05, 3.63) is 46.6 Å². The first-order chi connectivity index (χ1) is 8.08. The summed E-state index contributed by atoms with van der Waals surface area (Å²) < 4.78 is 18.6. The molecule has 3 nitrogen and oxygen atoms in total. The van der Waals surface area contributed by atoms with Gasteiger partial charge in [-0.25, -0.2) is 14.4 Å². The van der Waals surface area contributed by atoms with E-state index in [1.54, 1.807) is 13.0 Å². The normalized spacial score (nSPS) is 10.4. The van der Waals surface area contributed by atoms with Crippen LogP contribution in [0.4, 0.5) is 4.39 Å². The molecule has 0 aliphatic rings. The minimum Gasteiger partial charge on any atom is -0.438 e. The molecule has 1 aromatic carbocycles. The maximum Gasteiger partial charge on any atom is 0.226 e. The summed E-state index contributed by atoms with van der Waals surface area (Å²) in [6.07, 6.45) is 1.30. The highest BCUT2D eigenvalue weighted by atomic mass is 35.5. The highest BCUT2D eigenvalue weighted by Gasteiger charge is 2.09. The highest BCUT2D eigenvalue weighted by Crippen LogP contribution is 2.28. The summed E-state index contributed by atoms with van der Waals surface area (Å²) in [5.74, 6) is 0.393. The van der Waals surface area contributed by atoms with Gasteiger partial charge < -0.3 is 4.74 Å². The first-order valence-electron chi connectivity index (χ1n) is 4.99. The van der Waals surface area contributed by atoms with E-state index in [1.807, 2.05) is 6.92 Å². The highest BCUT2D eigenvalue weighted by molar-refractivity contribution is 6.30. The Balaban J connectivity index is 2.38. The number of rotatable bonds is 2. The van der Waals surface area contributed by atoms with Gasteiger partial charge in [0, 0.05) is 11.6 Å². The molecule has 0 aliphatic heterocycles. The topological polar surface area (TPSA) is 35.0 Å². The van der Waals surface area contributed by atoms with Crippen LogP contribution in [-0.4, -0.2) is 9.97 Å². The Morgan fingerprint density at radius 1 is 1.24 bits per heavy atom. The van der Waals surface area contributed by atoms with Gasteiger partial charge in [-0.2, -0.15) is 0 Å². The van der Waals surface area contributed by atoms with Gasteiger partial charge >= 0.3 is 0 Å². The molecule has 17 heavy (non-hydrogen) atoms. The van der Waals surface area contributed by atoms with Gasteiger partial charge in [-0.15, -0.1) is 0 Å². The van der Waals surface area contributed by atoms with Crippen LogP contribution >= 0.6 is 11.6 Å². The van der Waals surface area contributed by atoms with Crippen LogP contribution in [0, 0.1) is 19.7 Å². The molecule has 1 heterocycles. The van der Waals surface area contributed by atoms with Gasteiger partial charge in [-0.1, -0.05) is 17.7 Å². The lowest BCUT2D eigenvalue weighted by molar-refractivity contribution is 0.449. The van der Waals surface area contributed by atoms with Crippen molar-refractivity contribution in [1.29, 1.82) is 0 Å². The van der Waals surface area contributed by atoms with E-state index < -0.39 is 0 Å². The van der Waals surface area contributed by atoms with E-state index in [4.69, 9.17) is 16.3 Å². The molecule has 0 aliphatic carbocycles. The van der Waals surface area contributed by atoms with Crippen LogP contribution in [0.1, 0.15) is 11.1 Å². The Bertz CT molecular complexity index is 560. The molecule has 0 unspecified atom stereocenters. The molecule has 0 amide bonds. The first kappa shape index (κ1) is 11.8. The van der Waals surface area contributed by atoms with Crippen LogP contribution in [-0.2, 0) is 0 Å².